The average molecular weight is 245 g/mol. The molecule has 0 aliphatic carbocycles. The van der Waals surface area contributed by atoms with Gasteiger partial charge in [0, 0.05) is 23.7 Å². The largest absolute Gasteiger partial charge is 0.508 e. The minimum atomic E-state index is -0.524. The van der Waals surface area contributed by atoms with Crippen molar-refractivity contribution in [2.24, 2.45) is 5.73 Å². The zero-order chi connectivity index (χ0) is 11.4. The third-order valence-corrected chi connectivity index (χ3v) is 2.04. The Hall–Kier alpha value is -1.59. The summed E-state index contributed by atoms with van der Waals surface area (Å²) in [7, 11) is 0. The SMILES string of the molecule is C=CC[C@@H](N)c1cc([N+](=O)[O-])ccc1O.Cl. The van der Waals surface area contributed by atoms with Gasteiger partial charge in [-0.1, -0.05) is 6.08 Å². The molecule has 0 fully saturated rings. The third kappa shape index (κ3) is 3.22. The van der Waals surface area contributed by atoms with Crippen molar-refractivity contribution in [3.63, 3.8) is 0 Å². The molecule has 0 saturated carbocycles. The molecule has 0 bridgehead atoms. The number of nitrogens with two attached hydrogens (primary N) is 1. The lowest BCUT2D eigenvalue weighted by molar-refractivity contribution is -0.385. The first-order valence-electron chi connectivity index (χ1n) is 4.40. The fourth-order valence-corrected chi connectivity index (χ4v) is 1.26. The Morgan fingerprint density at radius 2 is 2.25 bits per heavy atom. The van der Waals surface area contributed by atoms with Crippen LogP contribution in [0.15, 0.2) is 30.9 Å². The lowest BCUT2D eigenvalue weighted by atomic mass is 10.0. The number of phenolic OH excluding ortho intramolecular Hbond substituents is 1. The second-order valence-electron chi connectivity index (χ2n) is 3.13. The fourth-order valence-electron chi connectivity index (χ4n) is 1.26. The Balaban J connectivity index is 0.00000225. The summed E-state index contributed by atoms with van der Waals surface area (Å²) in [5, 5.41) is 20.0. The van der Waals surface area contributed by atoms with Gasteiger partial charge in [0.1, 0.15) is 5.75 Å². The number of aromatic hydroxyl groups is 1. The van der Waals surface area contributed by atoms with Crippen LogP contribution in [0.25, 0.3) is 0 Å². The van der Waals surface area contributed by atoms with Crippen molar-refractivity contribution in [1.82, 2.24) is 0 Å². The third-order valence-electron chi connectivity index (χ3n) is 2.04. The number of halogens is 1. The molecule has 1 aromatic rings. The van der Waals surface area contributed by atoms with Crippen LogP contribution in [0.4, 0.5) is 5.69 Å². The number of phenols is 1. The first-order valence-corrected chi connectivity index (χ1v) is 4.40. The number of rotatable bonds is 4. The van der Waals surface area contributed by atoms with E-state index in [0.29, 0.717) is 12.0 Å². The number of hydrogen-bond acceptors (Lipinski definition) is 4. The Morgan fingerprint density at radius 1 is 1.62 bits per heavy atom. The molecule has 0 aliphatic heterocycles. The summed E-state index contributed by atoms with van der Waals surface area (Å²) in [6, 6.07) is 3.32. The maximum Gasteiger partial charge on any atom is 0.270 e. The highest BCUT2D eigenvalue weighted by atomic mass is 35.5. The molecule has 1 atom stereocenters. The monoisotopic (exact) mass is 244 g/mol. The van der Waals surface area contributed by atoms with Gasteiger partial charge in [0.05, 0.1) is 4.92 Å². The van der Waals surface area contributed by atoms with Crippen LogP contribution in [0.5, 0.6) is 5.75 Å². The summed E-state index contributed by atoms with van der Waals surface area (Å²) >= 11 is 0. The van der Waals surface area contributed by atoms with Crippen LogP contribution in [0, 0.1) is 10.1 Å². The predicted molar refractivity (Wildman–Crippen MR) is 63.8 cm³/mol. The normalized spacial score (nSPS) is 11.3. The molecule has 0 aliphatic rings. The van der Waals surface area contributed by atoms with Gasteiger partial charge in [-0.15, -0.1) is 19.0 Å². The molecule has 5 nitrogen and oxygen atoms in total. The lowest BCUT2D eigenvalue weighted by Crippen LogP contribution is -2.09. The summed E-state index contributed by atoms with van der Waals surface area (Å²) in [6.45, 7) is 3.52. The minimum absolute atomic E-state index is 0. The molecule has 0 unspecified atom stereocenters. The topological polar surface area (TPSA) is 89.4 Å². The van der Waals surface area contributed by atoms with Gasteiger partial charge < -0.3 is 10.8 Å². The number of nitro benzene ring substituents is 1. The summed E-state index contributed by atoms with van der Waals surface area (Å²) in [5.41, 5.74) is 6.01. The van der Waals surface area contributed by atoms with Crippen LogP contribution in [-0.2, 0) is 0 Å². The molecule has 0 heterocycles. The van der Waals surface area contributed by atoms with Crippen molar-refractivity contribution in [1.29, 1.82) is 0 Å². The number of benzene rings is 1. The van der Waals surface area contributed by atoms with Gasteiger partial charge in [-0.2, -0.15) is 0 Å². The van der Waals surface area contributed by atoms with E-state index in [1.54, 1.807) is 6.08 Å². The molecule has 1 aromatic carbocycles. The second-order valence-corrected chi connectivity index (χ2v) is 3.13. The lowest BCUT2D eigenvalue weighted by Gasteiger charge is -2.10. The molecule has 0 amide bonds. The van der Waals surface area contributed by atoms with Gasteiger partial charge in [-0.3, -0.25) is 10.1 Å². The predicted octanol–water partition coefficient (Wildman–Crippen LogP) is 2.30. The summed E-state index contributed by atoms with van der Waals surface area (Å²) in [6.07, 6.45) is 2.05. The van der Waals surface area contributed by atoms with Gasteiger partial charge >= 0.3 is 0 Å². The molecule has 16 heavy (non-hydrogen) atoms. The zero-order valence-corrected chi connectivity index (χ0v) is 9.31. The van der Waals surface area contributed by atoms with Crippen molar-refractivity contribution in [3.8, 4) is 5.75 Å². The van der Waals surface area contributed by atoms with Gasteiger partial charge in [-0.05, 0) is 12.5 Å². The number of non-ortho nitro benzene ring substituents is 1. The van der Waals surface area contributed by atoms with E-state index < -0.39 is 11.0 Å². The minimum Gasteiger partial charge on any atom is -0.508 e. The van der Waals surface area contributed by atoms with Crippen molar-refractivity contribution in [3.05, 3.63) is 46.5 Å². The van der Waals surface area contributed by atoms with Gasteiger partial charge in [0.15, 0.2) is 0 Å². The highest BCUT2D eigenvalue weighted by Crippen LogP contribution is 2.28. The average Bonchev–Trinajstić information content (AvgIpc) is 2.18. The molecule has 6 heteroatoms. The van der Waals surface area contributed by atoms with E-state index in [1.807, 2.05) is 0 Å². The Labute approximate surface area is 99.1 Å². The Bertz CT molecular complexity index is 396. The highest BCUT2D eigenvalue weighted by molar-refractivity contribution is 5.85. The van der Waals surface area contributed by atoms with Gasteiger partial charge in [0.25, 0.3) is 5.69 Å². The van der Waals surface area contributed by atoms with Crippen LogP contribution in [0.3, 0.4) is 0 Å². The standard InChI is InChI=1S/C10H12N2O3.ClH/c1-2-3-9(11)8-6-7(12(14)15)4-5-10(8)13;/h2,4-6,9,13H,1,3,11H2;1H/t9-;/m1./s1. The van der Waals surface area contributed by atoms with E-state index in [-0.39, 0.29) is 23.8 Å². The van der Waals surface area contributed by atoms with E-state index in [0.717, 1.165) is 0 Å². The van der Waals surface area contributed by atoms with E-state index in [9.17, 15) is 15.2 Å². The van der Waals surface area contributed by atoms with E-state index in [1.165, 1.54) is 18.2 Å². The van der Waals surface area contributed by atoms with Gasteiger partial charge in [0.2, 0.25) is 0 Å². The first-order chi connectivity index (χ1) is 7.06. The van der Waals surface area contributed by atoms with E-state index in [2.05, 4.69) is 6.58 Å². The van der Waals surface area contributed by atoms with Gasteiger partial charge in [-0.25, -0.2) is 0 Å². The van der Waals surface area contributed by atoms with E-state index >= 15 is 0 Å². The second kappa shape index (κ2) is 6.09. The van der Waals surface area contributed by atoms with Crippen molar-refractivity contribution in [2.75, 3.05) is 0 Å². The summed E-state index contributed by atoms with van der Waals surface area (Å²) in [5.74, 6) is -0.0325. The van der Waals surface area contributed by atoms with E-state index in [4.69, 9.17) is 5.73 Å². The summed E-state index contributed by atoms with van der Waals surface area (Å²) < 4.78 is 0. The van der Waals surface area contributed by atoms with Crippen LogP contribution in [0.1, 0.15) is 18.0 Å². The molecule has 1 rings (SSSR count). The zero-order valence-electron chi connectivity index (χ0n) is 8.50. The number of nitrogens with zero attached hydrogens (tertiary/aromatic N) is 1. The molecular formula is C10H13ClN2O3. The van der Waals surface area contributed by atoms with Crippen LogP contribution < -0.4 is 5.73 Å². The summed E-state index contributed by atoms with van der Waals surface area (Å²) in [4.78, 5) is 9.98. The Morgan fingerprint density at radius 3 is 2.75 bits per heavy atom. The van der Waals surface area contributed by atoms with Crippen molar-refractivity contribution < 1.29 is 10.0 Å². The van der Waals surface area contributed by atoms with Crippen LogP contribution in [0.2, 0.25) is 0 Å². The molecule has 3 N–H and O–H groups in total. The number of hydrogen-bond donors (Lipinski definition) is 2. The smallest absolute Gasteiger partial charge is 0.270 e. The first kappa shape index (κ1) is 14.4. The molecule has 0 aromatic heterocycles. The molecule has 88 valence electrons. The fraction of sp³-hybridized carbons (Fsp3) is 0.200. The van der Waals surface area contributed by atoms with Crippen LogP contribution in [-0.4, -0.2) is 10.0 Å². The highest BCUT2D eigenvalue weighted by Gasteiger charge is 2.14. The molecule has 0 spiro atoms. The maximum absolute atomic E-state index is 10.5. The Kier molecular flexibility index (Phi) is 5.49. The molecule has 0 saturated heterocycles. The quantitative estimate of drug-likeness (QED) is 0.483. The number of nitro groups is 1. The maximum atomic E-state index is 10.5. The molecule has 0 radical (unpaired) electrons. The van der Waals surface area contributed by atoms with Crippen molar-refractivity contribution in [2.45, 2.75) is 12.5 Å². The molecular weight excluding hydrogens is 232 g/mol. The van der Waals surface area contributed by atoms with Crippen LogP contribution >= 0.6 is 12.4 Å². The van der Waals surface area contributed by atoms with Crippen molar-refractivity contribution >= 4 is 18.1 Å².